The van der Waals surface area contributed by atoms with E-state index in [4.69, 9.17) is 0 Å². The highest BCUT2D eigenvalue weighted by Crippen LogP contribution is 2.23. The predicted molar refractivity (Wildman–Crippen MR) is 87.4 cm³/mol. The molecular formula is C15H20N4OS. The van der Waals surface area contributed by atoms with Crippen LogP contribution in [-0.2, 0) is 11.8 Å². The minimum Gasteiger partial charge on any atom is -0.298 e. The Bertz CT molecular complexity index is 611. The van der Waals surface area contributed by atoms with Crippen LogP contribution < -0.4 is 4.90 Å². The van der Waals surface area contributed by atoms with E-state index in [1.165, 1.54) is 0 Å². The van der Waals surface area contributed by atoms with Crippen LogP contribution in [0.3, 0.4) is 0 Å². The topological polar surface area (TPSA) is 51.0 Å². The highest BCUT2D eigenvalue weighted by Gasteiger charge is 2.21. The minimum atomic E-state index is -0.0196. The lowest BCUT2D eigenvalue weighted by Crippen LogP contribution is -2.33. The van der Waals surface area contributed by atoms with Crippen molar-refractivity contribution in [2.45, 2.75) is 6.92 Å². The summed E-state index contributed by atoms with van der Waals surface area (Å²) in [6.45, 7) is 1.94. The molecule has 0 N–H and O–H groups in total. The van der Waals surface area contributed by atoms with E-state index in [0.29, 0.717) is 5.82 Å². The van der Waals surface area contributed by atoms with Gasteiger partial charge in [-0.25, -0.2) is 0 Å². The number of pyridine rings is 1. The molecule has 0 aliphatic heterocycles. The number of nitrogens with zero attached hydrogens (tertiary/aromatic N) is 4. The SMILES string of the molecule is CSCC(C)C(=O)N(C)c1cc(-c2cccnc2)n(C)n1. The van der Waals surface area contributed by atoms with Gasteiger partial charge in [-0.15, -0.1) is 0 Å². The number of anilines is 1. The van der Waals surface area contributed by atoms with Gasteiger partial charge < -0.3 is 0 Å². The summed E-state index contributed by atoms with van der Waals surface area (Å²) in [5.74, 6) is 1.54. The van der Waals surface area contributed by atoms with E-state index in [1.54, 1.807) is 40.8 Å². The number of carbonyl (C=O) groups excluding carboxylic acids is 1. The smallest absolute Gasteiger partial charge is 0.231 e. The van der Waals surface area contributed by atoms with Gasteiger partial charge >= 0.3 is 0 Å². The Morgan fingerprint density at radius 1 is 1.52 bits per heavy atom. The molecule has 2 aromatic heterocycles. The Balaban J connectivity index is 2.24. The molecule has 0 aliphatic rings. The van der Waals surface area contributed by atoms with Crippen LogP contribution in [0.4, 0.5) is 5.82 Å². The van der Waals surface area contributed by atoms with Gasteiger partial charge in [0.2, 0.25) is 5.91 Å². The molecule has 0 fully saturated rings. The predicted octanol–water partition coefficient (Wildman–Crippen LogP) is 2.44. The fourth-order valence-electron chi connectivity index (χ4n) is 2.17. The summed E-state index contributed by atoms with van der Waals surface area (Å²) in [6.07, 6.45) is 5.53. The first-order valence-corrected chi connectivity index (χ1v) is 8.15. The van der Waals surface area contributed by atoms with Gasteiger partial charge in [-0.1, -0.05) is 6.92 Å². The first-order valence-electron chi connectivity index (χ1n) is 6.75. The standard InChI is InChI=1S/C15H20N4OS/c1-11(10-21-4)15(20)18(2)14-8-13(19(3)17-14)12-6-5-7-16-9-12/h5-9,11H,10H2,1-4H3. The van der Waals surface area contributed by atoms with Crippen molar-refractivity contribution >= 4 is 23.5 Å². The third-order valence-electron chi connectivity index (χ3n) is 3.34. The zero-order chi connectivity index (χ0) is 15.4. The third kappa shape index (κ3) is 3.44. The van der Waals surface area contributed by atoms with Gasteiger partial charge in [0.25, 0.3) is 0 Å². The van der Waals surface area contributed by atoms with Crippen molar-refractivity contribution < 1.29 is 4.79 Å². The fraction of sp³-hybridized carbons (Fsp3) is 0.400. The van der Waals surface area contributed by atoms with Crippen molar-refractivity contribution in [2.24, 2.45) is 13.0 Å². The highest BCUT2D eigenvalue weighted by molar-refractivity contribution is 7.98. The van der Waals surface area contributed by atoms with E-state index in [1.807, 2.05) is 38.4 Å². The average Bonchev–Trinajstić information content (AvgIpc) is 2.89. The Hall–Kier alpha value is -1.82. The van der Waals surface area contributed by atoms with Gasteiger partial charge in [-0.05, 0) is 18.4 Å². The summed E-state index contributed by atoms with van der Waals surface area (Å²) in [5, 5.41) is 4.44. The van der Waals surface area contributed by atoms with E-state index in [9.17, 15) is 4.79 Å². The lowest BCUT2D eigenvalue weighted by atomic mass is 10.2. The Labute approximate surface area is 129 Å². The molecule has 0 radical (unpaired) electrons. The molecule has 1 amide bonds. The average molecular weight is 304 g/mol. The number of carbonyl (C=O) groups is 1. The second-order valence-corrected chi connectivity index (χ2v) is 5.92. The number of hydrogen-bond donors (Lipinski definition) is 0. The molecule has 112 valence electrons. The lowest BCUT2D eigenvalue weighted by molar-refractivity contribution is -0.121. The molecule has 0 aliphatic carbocycles. The molecule has 1 unspecified atom stereocenters. The van der Waals surface area contributed by atoms with Crippen LogP contribution in [0.1, 0.15) is 6.92 Å². The maximum absolute atomic E-state index is 12.3. The summed E-state index contributed by atoms with van der Waals surface area (Å²) < 4.78 is 1.77. The van der Waals surface area contributed by atoms with Gasteiger partial charge in [-0.2, -0.15) is 16.9 Å². The number of rotatable bonds is 5. The van der Waals surface area contributed by atoms with E-state index in [2.05, 4.69) is 10.1 Å². The summed E-state index contributed by atoms with van der Waals surface area (Å²) in [7, 11) is 3.64. The van der Waals surface area contributed by atoms with Gasteiger partial charge in [0.15, 0.2) is 5.82 Å². The van der Waals surface area contributed by atoms with Crippen LogP contribution in [0.15, 0.2) is 30.6 Å². The highest BCUT2D eigenvalue weighted by atomic mass is 32.2. The second kappa shape index (κ2) is 6.76. The van der Waals surface area contributed by atoms with Crippen LogP contribution in [-0.4, -0.2) is 39.7 Å². The molecule has 6 heteroatoms. The normalized spacial score (nSPS) is 12.2. The maximum atomic E-state index is 12.3. The zero-order valence-corrected chi connectivity index (χ0v) is 13.6. The van der Waals surface area contributed by atoms with Crippen LogP contribution in [0.2, 0.25) is 0 Å². The first-order chi connectivity index (χ1) is 10.0. The molecule has 2 rings (SSSR count). The maximum Gasteiger partial charge on any atom is 0.231 e. The second-order valence-electron chi connectivity index (χ2n) is 5.01. The van der Waals surface area contributed by atoms with Crippen LogP contribution in [0, 0.1) is 5.92 Å². The molecular weight excluding hydrogens is 284 g/mol. The molecule has 21 heavy (non-hydrogen) atoms. The van der Waals surface area contributed by atoms with Crippen molar-refractivity contribution in [2.75, 3.05) is 24.0 Å². The van der Waals surface area contributed by atoms with Crippen molar-refractivity contribution in [1.82, 2.24) is 14.8 Å². The Morgan fingerprint density at radius 2 is 2.29 bits per heavy atom. The molecule has 0 saturated carbocycles. The molecule has 5 nitrogen and oxygen atoms in total. The summed E-state index contributed by atoms with van der Waals surface area (Å²) >= 11 is 1.67. The number of hydrogen-bond acceptors (Lipinski definition) is 4. The van der Waals surface area contributed by atoms with E-state index < -0.39 is 0 Å². The van der Waals surface area contributed by atoms with E-state index in [0.717, 1.165) is 17.0 Å². The van der Waals surface area contributed by atoms with Gasteiger partial charge in [0, 0.05) is 49.8 Å². The summed E-state index contributed by atoms with van der Waals surface area (Å²) in [5.41, 5.74) is 1.92. The summed E-state index contributed by atoms with van der Waals surface area (Å²) in [4.78, 5) is 18.1. The molecule has 2 heterocycles. The monoisotopic (exact) mass is 304 g/mol. The van der Waals surface area contributed by atoms with Crippen molar-refractivity contribution in [1.29, 1.82) is 0 Å². The van der Waals surface area contributed by atoms with Crippen LogP contribution in [0.5, 0.6) is 0 Å². The van der Waals surface area contributed by atoms with Gasteiger partial charge in [0.1, 0.15) is 0 Å². The molecule has 0 spiro atoms. The fourth-order valence-corrected chi connectivity index (χ4v) is 2.81. The number of aryl methyl sites for hydroxylation is 1. The molecule has 0 bridgehead atoms. The third-order valence-corrected chi connectivity index (χ3v) is 4.17. The minimum absolute atomic E-state index is 0.0196. The van der Waals surface area contributed by atoms with Crippen molar-refractivity contribution in [3.05, 3.63) is 30.6 Å². The number of aromatic nitrogens is 3. The zero-order valence-electron chi connectivity index (χ0n) is 12.8. The van der Waals surface area contributed by atoms with Crippen molar-refractivity contribution in [3.63, 3.8) is 0 Å². The molecule has 1 atom stereocenters. The van der Waals surface area contributed by atoms with Crippen molar-refractivity contribution in [3.8, 4) is 11.3 Å². The van der Waals surface area contributed by atoms with Gasteiger partial charge in [-0.3, -0.25) is 19.4 Å². The lowest BCUT2D eigenvalue weighted by Gasteiger charge is -2.18. The Kier molecular flexibility index (Phi) is 5.01. The van der Waals surface area contributed by atoms with Crippen LogP contribution >= 0.6 is 11.8 Å². The van der Waals surface area contributed by atoms with Crippen LogP contribution in [0.25, 0.3) is 11.3 Å². The van der Waals surface area contributed by atoms with E-state index in [-0.39, 0.29) is 11.8 Å². The largest absolute Gasteiger partial charge is 0.298 e. The molecule has 0 aromatic carbocycles. The quantitative estimate of drug-likeness (QED) is 0.851. The number of amides is 1. The van der Waals surface area contributed by atoms with Gasteiger partial charge in [0.05, 0.1) is 5.69 Å². The molecule has 0 saturated heterocycles. The number of thioether (sulfide) groups is 1. The molecule has 2 aromatic rings. The van der Waals surface area contributed by atoms with E-state index >= 15 is 0 Å². The first kappa shape index (κ1) is 15.6. The summed E-state index contributed by atoms with van der Waals surface area (Å²) in [6, 6.07) is 5.78. The Morgan fingerprint density at radius 3 is 2.90 bits per heavy atom.